The minimum absolute atomic E-state index is 0.117. The summed E-state index contributed by atoms with van der Waals surface area (Å²) in [6.45, 7) is 6.00. The van der Waals surface area contributed by atoms with Gasteiger partial charge in [-0.15, -0.1) is 0 Å². The van der Waals surface area contributed by atoms with Crippen molar-refractivity contribution in [2.75, 3.05) is 19.5 Å². The Morgan fingerprint density at radius 3 is 2.42 bits per heavy atom. The summed E-state index contributed by atoms with van der Waals surface area (Å²) in [6, 6.07) is 0. The zero-order chi connectivity index (χ0) is 14.5. The van der Waals surface area contributed by atoms with Crippen LogP contribution in [-0.4, -0.2) is 29.7 Å². The molecule has 1 rings (SSSR count). The highest BCUT2D eigenvalue weighted by molar-refractivity contribution is 5.93. The van der Waals surface area contributed by atoms with Gasteiger partial charge in [0.1, 0.15) is 17.0 Å². The number of aromatic nitrogens is 2. The highest BCUT2D eigenvalue weighted by atomic mass is 16.5. The van der Waals surface area contributed by atoms with E-state index in [0.717, 1.165) is 12.8 Å². The smallest absolute Gasteiger partial charge is 0.343 e. The van der Waals surface area contributed by atoms with E-state index in [9.17, 15) is 4.79 Å². The molecular weight excluding hydrogens is 246 g/mol. The molecule has 0 aromatic carbocycles. The lowest BCUT2D eigenvalue weighted by Gasteiger charge is -2.28. The fraction of sp³-hybridized carbons (Fsp3) is 0.615. The number of nitrogens with zero attached hydrogens (tertiary/aromatic N) is 2. The summed E-state index contributed by atoms with van der Waals surface area (Å²) in [5, 5.41) is 0. The van der Waals surface area contributed by atoms with Crippen LogP contribution in [0.1, 0.15) is 49.8 Å². The second-order valence-corrected chi connectivity index (χ2v) is 4.12. The largest absolute Gasteiger partial charge is 0.462 e. The molecule has 1 aromatic rings. The van der Waals surface area contributed by atoms with Gasteiger partial charge in [-0.1, -0.05) is 13.8 Å². The van der Waals surface area contributed by atoms with Gasteiger partial charge >= 0.3 is 5.97 Å². The number of hydrogen-bond acceptors (Lipinski definition) is 6. The van der Waals surface area contributed by atoms with Crippen molar-refractivity contribution in [2.45, 2.75) is 39.2 Å². The van der Waals surface area contributed by atoms with Crippen LogP contribution in [0.5, 0.6) is 0 Å². The average molecular weight is 267 g/mol. The summed E-state index contributed by atoms with van der Waals surface area (Å²) >= 11 is 0. The van der Waals surface area contributed by atoms with Crippen LogP contribution < -0.4 is 5.73 Å². The van der Waals surface area contributed by atoms with Gasteiger partial charge in [0.25, 0.3) is 0 Å². The van der Waals surface area contributed by atoms with Gasteiger partial charge in [-0.05, 0) is 19.8 Å². The predicted molar refractivity (Wildman–Crippen MR) is 71.7 cm³/mol. The van der Waals surface area contributed by atoms with Gasteiger partial charge in [-0.2, -0.15) is 0 Å². The minimum atomic E-state index is -0.568. The number of methoxy groups -OCH3 is 1. The molecule has 0 amide bonds. The number of carbonyl (C=O) groups excluding carboxylic acids is 1. The van der Waals surface area contributed by atoms with E-state index in [0.29, 0.717) is 5.82 Å². The Morgan fingerprint density at radius 1 is 1.37 bits per heavy atom. The maximum absolute atomic E-state index is 11.6. The Morgan fingerprint density at radius 2 is 2.00 bits per heavy atom. The fourth-order valence-corrected chi connectivity index (χ4v) is 1.93. The van der Waals surface area contributed by atoms with Gasteiger partial charge in [-0.25, -0.2) is 14.8 Å². The summed E-state index contributed by atoms with van der Waals surface area (Å²) < 4.78 is 10.4. The third-order valence-corrected chi connectivity index (χ3v) is 3.25. The number of hydrogen-bond donors (Lipinski definition) is 1. The molecule has 0 aliphatic carbocycles. The molecule has 6 heteroatoms. The van der Waals surface area contributed by atoms with Crippen molar-refractivity contribution in [1.82, 2.24) is 9.97 Å². The number of rotatable bonds is 6. The number of ether oxygens (including phenoxy) is 2. The van der Waals surface area contributed by atoms with Crippen LogP contribution in [0.15, 0.2) is 6.20 Å². The van der Waals surface area contributed by atoms with Crippen molar-refractivity contribution < 1.29 is 14.3 Å². The van der Waals surface area contributed by atoms with E-state index in [1.807, 2.05) is 13.8 Å². The summed E-state index contributed by atoms with van der Waals surface area (Å²) in [5.41, 5.74) is 5.42. The summed E-state index contributed by atoms with van der Waals surface area (Å²) in [7, 11) is 1.62. The Balaban J connectivity index is 3.15. The van der Waals surface area contributed by atoms with E-state index in [2.05, 4.69) is 9.97 Å². The van der Waals surface area contributed by atoms with Gasteiger partial charge in [0, 0.05) is 13.3 Å². The number of nitrogens with two attached hydrogens (primary N) is 1. The van der Waals surface area contributed by atoms with Crippen LogP contribution in [0.25, 0.3) is 0 Å². The lowest BCUT2D eigenvalue weighted by molar-refractivity contribution is -0.0291. The van der Waals surface area contributed by atoms with E-state index in [4.69, 9.17) is 15.2 Å². The first kappa shape index (κ1) is 15.4. The molecule has 1 heterocycles. The molecule has 6 nitrogen and oxygen atoms in total. The van der Waals surface area contributed by atoms with Gasteiger partial charge < -0.3 is 15.2 Å². The average Bonchev–Trinajstić information content (AvgIpc) is 2.41. The summed E-state index contributed by atoms with van der Waals surface area (Å²) in [4.78, 5) is 20.0. The Labute approximate surface area is 113 Å². The quantitative estimate of drug-likeness (QED) is 0.792. The van der Waals surface area contributed by atoms with Crippen LogP contribution >= 0.6 is 0 Å². The molecule has 0 aliphatic rings. The highest BCUT2D eigenvalue weighted by Crippen LogP contribution is 2.30. The van der Waals surface area contributed by atoms with E-state index in [1.165, 1.54) is 6.20 Å². The van der Waals surface area contributed by atoms with Crippen molar-refractivity contribution in [3.05, 3.63) is 17.6 Å². The Bertz CT molecular complexity index is 436. The molecule has 19 heavy (non-hydrogen) atoms. The predicted octanol–water partition coefficient (Wildman–Crippen LogP) is 1.90. The highest BCUT2D eigenvalue weighted by Gasteiger charge is 2.32. The molecule has 0 radical (unpaired) electrons. The number of anilines is 1. The van der Waals surface area contributed by atoms with Crippen LogP contribution in [0.3, 0.4) is 0 Å². The Hall–Kier alpha value is -1.69. The van der Waals surface area contributed by atoms with Crippen LogP contribution in [0.2, 0.25) is 0 Å². The second kappa shape index (κ2) is 6.47. The van der Waals surface area contributed by atoms with Crippen molar-refractivity contribution in [1.29, 1.82) is 0 Å². The molecule has 0 atom stereocenters. The van der Waals surface area contributed by atoms with Crippen LogP contribution in [0.4, 0.5) is 5.82 Å². The van der Waals surface area contributed by atoms with E-state index in [1.54, 1.807) is 14.0 Å². The molecule has 0 saturated heterocycles. The van der Waals surface area contributed by atoms with E-state index >= 15 is 0 Å². The summed E-state index contributed by atoms with van der Waals surface area (Å²) in [6.07, 6.45) is 2.84. The van der Waals surface area contributed by atoms with Crippen LogP contribution in [0, 0.1) is 0 Å². The van der Waals surface area contributed by atoms with Crippen molar-refractivity contribution in [2.24, 2.45) is 0 Å². The van der Waals surface area contributed by atoms with E-state index in [-0.39, 0.29) is 18.0 Å². The maximum Gasteiger partial charge on any atom is 0.343 e. The molecule has 0 aliphatic heterocycles. The monoisotopic (exact) mass is 267 g/mol. The van der Waals surface area contributed by atoms with Gasteiger partial charge in [0.05, 0.1) is 6.61 Å². The van der Waals surface area contributed by atoms with Gasteiger partial charge in [0.15, 0.2) is 5.82 Å². The molecule has 0 spiro atoms. The molecule has 106 valence electrons. The molecular formula is C13H21N3O3. The van der Waals surface area contributed by atoms with Gasteiger partial charge in [-0.3, -0.25) is 0 Å². The zero-order valence-corrected chi connectivity index (χ0v) is 11.9. The standard InChI is InChI=1S/C13H21N3O3/c1-5-13(6-2,18-4)12-15-8-9(10(14)16-12)11(17)19-7-3/h8H,5-7H2,1-4H3,(H2,14,15,16). The first-order valence-corrected chi connectivity index (χ1v) is 6.39. The van der Waals surface area contributed by atoms with Crippen molar-refractivity contribution in [3.63, 3.8) is 0 Å². The molecule has 0 fully saturated rings. The zero-order valence-electron chi connectivity index (χ0n) is 11.9. The molecule has 1 aromatic heterocycles. The molecule has 0 unspecified atom stereocenters. The SMILES string of the molecule is CCOC(=O)c1cnc(C(CC)(CC)OC)nc1N. The normalized spacial score (nSPS) is 11.4. The van der Waals surface area contributed by atoms with E-state index < -0.39 is 11.6 Å². The van der Waals surface area contributed by atoms with Crippen molar-refractivity contribution in [3.8, 4) is 0 Å². The van der Waals surface area contributed by atoms with Crippen molar-refractivity contribution >= 4 is 11.8 Å². The molecule has 0 bridgehead atoms. The Kier molecular flexibility index (Phi) is 5.23. The molecule has 2 N–H and O–H groups in total. The number of nitrogen functional groups attached to an aromatic ring is 1. The topological polar surface area (TPSA) is 87.3 Å². The second-order valence-electron chi connectivity index (χ2n) is 4.12. The maximum atomic E-state index is 11.6. The number of carbonyl (C=O) groups is 1. The third kappa shape index (κ3) is 3.01. The summed E-state index contributed by atoms with van der Waals surface area (Å²) in [5.74, 6) is 0.0971. The minimum Gasteiger partial charge on any atom is -0.462 e. The fourth-order valence-electron chi connectivity index (χ4n) is 1.93. The third-order valence-electron chi connectivity index (χ3n) is 3.25. The van der Waals surface area contributed by atoms with Crippen LogP contribution in [-0.2, 0) is 15.1 Å². The van der Waals surface area contributed by atoms with Gasteiger partial charge in [0.2, 0.25) is 0 Å². The molecule has 0 saturated carbocycles. The lowest BCUT2D eigenvalue weighted by Crippen LogP contribution is -2.30. The first-order valence-electron chi connectivity index (χ1n) is 6.39. The number of esters is 1. The lowest BCUT2D eigenvalue weighted by atomic mass is 9.96. The first-order chi connectivity index (χ1) is 9.04.